The van der Waals surface area contributed by atoms with Gasteiger partial charge in [0.15, 0.2) is 0 Å². The topological polar surface area (TPSA) is 55.4 Å². The average molecular weight is 329 g/mol. The summed E-state index contributed by atoms with van der Waals surface area (Å²) in [6.07, 6.45) is 1.60. The van der Waals surface area contributed by atoms with Gasteiger partial charge in [0.05, 0.1) is 6.61 Å². The van der Waals surface area contributed by atoms with Crippen molar-refractivity contribution < 1.29 is 13.2 Å². The fourth-order valence-corrected chi connectivity index (χ4v) is 3.37. The lowest BCUT2D eigenvalue weighted by Gasteiger charge is -2.09. The molecule has 1 unspecified atom stereocenters. The zero-order valence-electron chi connectivity index (χ0n) is 12.9. The maximum Gasteiger partial charge on any atom is 0.233 e. The van der Waals surface area contributed by atoms with Gasteiger partial charge in [0.25, 0.3) is 0 Å². The molecule has 0 aromatic heterocycles. The first-order valence-corrected chi connectivity index (χ1v) is 9.04. The monoisotopic (exact) mass is 329 g/mol. The molecule has 3 rings (SSSR count). The van der Waals surface area contributed by atoms with E-state index in [1.807, 2.05) is 55.5 Å². The van der Waals surface area contributed by atoms with Gasteiger partial charge in [-0.2, -0.15) is 0 Å². The molecule has 5 heteroatoms. The Morgan fingerprint density at radius 3 is 2.70 bits per heavy atom. The Kier molecular flexibility index (Phi) is 4.50. The lowest BCUT2D eigenvalue weighted by molar-refractivity contribution is 0.330. The molecule has 120 valence electrons. The van der Waals surface area contributed by atoms with Gasteiger partial charge in [-0.1, -0.05) is 48.0 Å². The molecular formula is C18H19NO3S. The van der Waals surface area contributed by atoms with E-state index < -0.39 is 10.0 Å². The summed E-state index contributed by atoms with van der Waals surface area (Å²) in [6.45, 7) is 2.83. The summed E-state index contributed by atoms with van der Waals surface area (Å²) in [7, 11) is -3.47. The number of para-hydroxylation sites is 1. The maximum absolute atomic E-state index is 12.1. The van der Waals surface area contributed by atoms with Crippen LogP contribution in [0, 0.1) is 6.92 Å². The van der Waals surface area contributed by atoms with Crippen LogP contribution in [0.1, 0.15) is 22.6 Å². The van der Waals surface area contributed by atoms with Crippen molar-refractivity contribution >= 4 is 16.1 Å². The zero-order valence-corrected chi connectivity index (χ0v) is 13.7. The van der Waals surface area contributed by atoms with E-state index in [-0.39, 0.29) is 5.92 Å². The highest BCUT2D eigenvalue weighted by molar-refractivity contribution is 7.92. The first-order valence-electron chi connectivity index (χ1n) is 7.50. The third-order valence-corrected chi connectivity index (χ3v) is 4.91. The highest BCUT2D eigenvalue weighted by Gasteiger charge is 2.24. The molecule has 4 nitrogen and oxygen atoms in total. The number of aryl methyl sites for hydroxylation is 1. The van der Waals surface area contributed by atoms with Crippen LogP contribution in [0.3, 0.4) is 0 Å². The average Bonchev–Trinajstić information content (AvgIpc) is 2.96. The van der Waals surface area contributed by atoms with Crippen molar-refractivity contribution in [1.29, 1.82) is 0 Å². The number of fused-ring (bicyclic) bond motifs is 1. The molecule has 0 saturated carbocycles. The molecule has 0 amide bonds. The molecule has 2 aromatic rings. The summed E-state index contributed by atoms with van der Waals surface area (Å²) in [5, 5.41) is 1.21. The first kappa shape index (κ1) is 15.8. The lowest BCUT2D eigenvalue weighted by atomic mass is 10.0. The molecule has 0 spiro atoms. The first-order chi connectivity index (χ1) is 11.0. The van der Waals surface area contributed by atoms with Crippen molar-refractivity contribution in [2.45, 2.75) is 12.8 Å². The fourth-order valence-electron chi connectivity index (χ4n) is 2.51. The predicted molar refractivity (Wildman–Crippen MR) is 91.8 cm³/mol. The van der Waals surface area contributed by atoms with Gasteiger partial charge in [0.1, 0.15) is 5.75 Å². The van der Waals surface area contributed by atoms with Crippen LogP contribution in [-0.4, -0.2) is 21.6 Å². The number of ether oxygens (including phenoxy) is 1. The van der Waals surface area contributed by atoms with Crippen LogP contribution < -0.4 is 9.46 Å². The molecule has 0 radical (unpaired) electrons. The fraction of sp³-hybridized carbons (Fsp3) is 0.222. The highest BCUT2D eigenvalue weighted by atomic mass is 32.2. The smallest absolute Gasteiger partial charge is 0.233 e. The number of hydrogen-bond acceptors (Lipinski definition) is 3. The predicted octanol–water partition coefficient (Wildman–Crippen LogP) is 3.06. The van der Waals surface area contributed by atoms with E-state index in [1.54, 1.807) is 6.08 Å². The standard InChI is InChI=1S/C18H19NO3S/c1-14-6-8-15(9-7-14)10-11-23(20,21)19-12-16-13-22-18-5-3-2-4-17(16)18/h2-11,16,19H,12-13H2,1H3. The minimum atomic E-state index is -3.47. The Labute approximate surface area is 136 Å². The second-order valence-electron chi connectivity index (χ2n) is 5.65. The van der Waals surface area contributed by atoms with Crippen LogP contribution in [0.4, 0.5) is 0 Å². The number of sulfonamides is 1. The zero-order chi connectivity index (χ0) is 16.3. The molecule has 0 aliphatic carbocycles. The molecule has 1 heterocycles. The Balaban J connectivity index is 1.62. The number of nitrogens with one attached hydrogen (secondary N) is 1. The molecule has 2 aromatic carbocycles. The summed E-state index contributed by atoms with van der Waals surface area (Å²) < 4.78 is 32.4. The largest absolute Gasteiger partial charge is 0.493 e. The normalized spacial score (nSPS) is 17.2. The number of hydrogen-bond donors (Lipinski definition) is 1. The molecule has 0 fully saturated rings. The van der Waals surface area contributed by atoms with Crippen molar-refractivity contribution in [3.8, 4) is 5.75 Å². The van der Waals surface area contributed by atoms with Gasteiger partial charge in [-0.3, -0.25) is 0 Å². The van der Waals surface area contributed by atoms with Crippen molar-refractivity contribution in [2.75, 3.05) is 13.2 Å². The third-order valence-electron chi connectivity index (χ3n) is 3.85. The van der Waals surface area contributed by atoms with Crippen LogP contribution in [0.15, 0.2) is 53.9 Å². The van der Waals surface area contributed by atoms with Crippen LogP contribution in [0.25, 0.3) is 6.08 Å². The van der Waals surface area contributed by atoms with Crippen LogP contribution in [-0.2, 0) is 10.0 Å². The Morgan fingerprint density at radius 2 is 1.91 bits per heavy atom. The molecule has 0 bridgehead atoms. The lowest BCUT2D eigenvalue weighted by Crippen LogP contribution is -2.27. The summed E-state index contributed by atoms with van der Waals surface area (Å²) in [6, 6.07) is 15.4. The second-order valence-corrected chi connectivity index (χ2v) is 7.30. The molecule has 1 N–H and O–H groups in total. The van der Waals surface area contributed by atoms with E-state index in [0.717, 1.165) is 22.4 Å². The third kappa shape index (κ3) is 4.00. The van der Waals surface area contributed by atoms with Gasteiger partial charge in [0, 0.05) is 23.4 Å². The molecule has 1 aliphatic rings. The van der Waals surface area contributed by atoms with E-state index in [4.69, 9.17) is 4.74 Å². The Hall–Kier alpha value is -2.11. The van der Waals surface area contributed by atoms with Gasteiger partial charge in [-0.25, -0.2) is 13.1 Å². The second kappa shape index (κ2) is 6.56. The van der Waals surface area contributed by atoms with Crippen molar-refractivity contribution in [1.82, 2.24) is 4.72 Å². The molecule has 23 heavy (non-hydrogen) atoms. The number of rotatable bonds is 5. The minimum absolute atomic E-state index is 0.0498. The van der Waals surface area contributed by atoms with Gasteiger partial charge < -0.3 is 4.74 Å². The van der Waals surface area contributed by atoms with Crippen molar-refractivity contribution in [3.05, 3.63) is 70.6 Å². The minimum Gasteiger partial charge on any atom is -0.493 e. The molecule has 0 saturated heterocycles. The van der Waals surface area contributed by atoms with E-state index in [2.05, 4.69) is 4.72 Å². The Morgan fingerprint density at radius 1 is 1.17 bits per heavy atom. The summed E-state index contributed by atoms with van der Waals surface area (Å²) in [4.78, 5) is 0. The van der Waals surface area contributed by atoms with Crippen LogP contribution in [0.5, 0.6) is 5.75 Å². The van der Waals surface area contributed by atoms with E-state index in [1.165, 1.54) is 5.41 Å². The molecule has 1 atom stereocenters. The maximum atomic E-state index is 12.1. The van der Waals surface area contributed by atoms with E-state index >= 15 is 0 Å². The Bertz CT molecular complexity index is 810. The van der Waals surface area contributed by atoms with Gasteiger partial charge >= 0.3 is 0 Å². The molecular weight excluding hydrogens is 310 g/mol. The van der Waals surface area contributed by atoms with E-state index in [9.17, 15) is 8.42 Å². The summed E-state index contributed by atoms with van der Waals surface area (Å²) >= 11 is 0. The summed E-state index contributed by atoms with van der Waals surface area (Å²) in [5.41, 5.74) is 3.05. The highest BCUT2D eigenvalue weighted by Crippen LogP contribution is 2.32. The van der Waals surface area contributed by atoms with E-state index in [0.29, 0.717) is 13.2 Å². The van der Waals surface area contributed by atoms with Crippen LogP contribution in [0.2, 0.25) is 0 Å². The SMILES string of the molecule is Cc1ccc(C=CS(=O)(=O)NCC2COc3ccccc32)cc1. The van der Waals surface area contributed by atoms with Gasteiger partial charge in [0.2, 0.25) is 10.0 Å². The van der Waals surface area contributed by atoms with Crippen molar-refractivity contribution in [3.63, 3.8) is 0 Å². The van der Waals surface area contributed by atoms with Gasteiger partial charge in [-0.15, -0.1) is 0 Å². The quantitative estimate of drug-likeness (QED) is 0.917. The van der Waals surface area contributed by atoms with Gasteiger partial charge in [-0.05, 0) is 24.6 Å². The summed E-state index contributed by atoms with van der Waals surface area (Å²) in [5.74, 6) is 0.889. The number of benzene rings is 2. The van der Waals surface area contributed by atoms with Crippen LogP contribution >= 0.6 is 0 Å². The molecule has 1 aliphatic heterocycles. The van der Waals surface area contributed by atoms with Crippen molar-refractivity contribution in [2.24, 2.45) is 0 Å².